The fraction of sp³-hybridized carbons (Fsp3) is 0.393. The van der Waals surface area contributed by atoms with Crippen LogP contribution < -0.4 is 9.47 Å². The van der Waals surface area contributed by atoms with Crippen molar-refractivity contribution < 1.29 is 38.8 Å². The second kappa shape index (κ2) is 10.8. The van der Waals surface area contributed by atoms with E-state index in [0.717, 1.165) is 0 Å². The molecule has 8 heteroatoms. The third-order valence-corrected chi connectivity index (χ3v) is 6.58. The summed E-state index contributed by atoms with van der Waals surface area (Å²) < 4.78 is 16.3. The summed E-state index contributed by atoms with van der Waals surface area (Å²) in [5.74, 6) is -1.61. The number of rotatable bonds is 2. The molecule has 0 fully saturated rings. The topological polar surface area (TPSA) is 119 Å². The standard InChI is InChI=1S/C28H30O8/c1-16-7-6-10-19(29)9-5-3-4-8-18-14-23-26(27(32)25(18)28(33)35-16)20(15-24(31)36-23)17-11-12-21(30)22(13-17)34-2/h4,8,11-14,16,20,30,32H,3,5-7,9-10,15H2,1-2H3/t16-,20-/m0/s1. The van der Waals surface area contributed by atoms with Gasteiger partial charge in [0.25, 0.3) is 0 Å². The number of esters is 2. The van der Waals surface area contributed by atoms with Crippen molar-refractivity contribution in [2.24, 2.45) is 0 Å². The molecule has 190 valence electrons. The first-order valence-electron chi connectivity index (χ1n) is 12.1. The van der Waals surface area contributed by atoms with Gasteiger partial charge in [0.2, 0.25) is 0 Å². The fourth-order valence-electron chi connectivity index (χ4n) is 4.71. The number of benzene rings is 2. The van der Waals surface area contributed by atoms with Crippen LogP contribution >= 0.6 is 0 Å². The minimum atomic E-state index is -0.690. The van der Waals surface area contributed by atoms with E-state index in [4.69, 9.17) is 14.2 Å². The molecule has 2 atom stereocenters. The lowest BCUT2D eigenvalue weighted by molar-refractivity contribution is -0.135. The molecule has 0 saturated heterocycles. The van der Waals surface area contributed by atoms with E-state index in [1.54, 1.807) is 31.2 Å². The molecule has 0 unspecified atom stereocenters. The van der Waals surface area contributed by atoms with E-state index < -0.39 is 24.0 Å². The molecule has 2 N–H and O–H groups in total. The maximum atomic E-state index is 13.3. The molecule has 2 heterocycles. The van der Waals surface area contributed by atoms with Gasteiger partial charge in [-0.15, -0.1) is 0 Å². The van der Waals surface area contributed by atoms with Gasteiger partial charge in [-0.1, -0.05) is 18.2 Å². The van der Waals surface area contributed by atoms with Crippen LogP contribution in [0, 0.1) is 0 Å². The maximum absolute atomic E-state index is 13.3. The van der Waals surface area contributed by atoms with Crippen molar-refractivity contribution in [3.63, 3.8) is 0 Å². The van der Waals surface area contributed by atoms with E-state index in [1.165, 1.54) is 13.2 Å². The number of allylic oxidation sites excluding steroid dienone is 1. The lowest BCUT2D eigenvalue weighted by atomic mass is 9.83. The third-order valence-electron chi connectivity index (χ3n) is 6.58. The number of carbonyl (C=O) groups excluding carboxylic acids is 3. The first kappa shape index (κ1) is 25.3. The Hall–Kier alpha value is -3.81. The number of cyclic esters (lactones) is 1. The monoisotopic (exact) mass is 494 g/mol. The molecule has 0 amide bonds. The fourth-order valence-corrected chi connectivity index (χ4v) is 4.71. The Kier molecular flexibility index (Phi) is 7.62. The van der Waals surface area contributed by atoms with E-state index in [-0.39, 0.29) is 40.8 Å². The van der Waals surface area contributed by atoms with Crippen molar-refractivity contribution in [3.05, 3.63) is 52.6 Å². The van der Waals surface area contributed by atoms with Crippen molar-refractivity contribution in [2.75, 3.05) is 7.11 Å². The number of hydrogen-bond acceptors (Lipinski definition) is 8. The minimum Gasteiger partial charge on any atom is -0.507 e. The van der Waals surface area contributed by atoms with Gasteiger partial charge < -0.3 is 24.4 Å². The molecule has 2 aromatic rings. The van der Waals surface area contributed by atoms with E-state index in [1.807, 2.05) is 6.08 Å². The molecule has 36 heavy (non-hydrogen) atoms. The number of hydrogen-bond donors (Lipinski definition) is 2. The lowest BCUT2D eigenvalue weighted by Gasteiger charge is -2.28. The number of fused-ring (bicyclic) bond motifs is 2. The van der Waals surface area contributed by atoms with E-state index in [9.17, 15) is 24.6 Å². The number of Topliss-reactive ketones (excluding diaryl/α,β-unsaturated/α-hetero) is 1. The van der Waals surface area contributed by atoms with Gasteiger partial charge >= 0.3 is 11.9 Å². The zero-order valence-electron chi connectivity index (χ0n) is 20.4. The lowest BCUT2D eigenvalue weighted by Crippen LogP contribution is -2.23. The summed E-state index contributed by atoms with van der Waals surface area (Å²) in [5, 5.41) is 21.4. The van der Waals surface area contributed by atoms with Gasteiger partial charge in [0.05, 0.1) is 19.6 Å². The van der Waals surface area contributed by atoms with Crippen molar-refractivity contribution >= 4 is 23.8 Å². The summed E-state index contributed by atoms with van der Waals surface area (Å²) in [6.45, 7) is 1.76. The summed E-state index contributed by atoms with van der Waals surface area (Å²) in [5.41, 5.74) is 1.27. The van der Waals surface area contributed by atoms with Gasteiger partial charge in [0, 0.05) is 24.3 Å². The summed E-state index contributed by atoms with van der Waals surface area (Å²) in [4.78, 5) is 37.8. The Morgan fingerprint density at radius 2 is 1.83 bits per heavy atom. The molecule has 0 aromatic heterocycles. The van der Waals surface area contributed by atoms with Crippen LogP contribution in [0.4, 0.5) is 0 Å². The number of ether oxygens (including phenoxy) is 3. The summed E-state index contributed by atoms with van der Waals surface area (Å²) in [6, 6.07) is 6.24. The number of ketones is 1. The molecule has 4 rings (SSSR count). The van der Waals surface area contributed by atoms with Crippen molar-refractivity contribution in [1.29, 1.82) is 0 Å². The molecule has 8 nitrogen and oxygen atoms in total. The van der Waals surface area contributed by atoms with E-state index in [0.29, 0.717) is 55.2 Å². The number of carbonyl (C=O) groups is 3. The molecule has 2 aromatic carbocycles. The predicted octanol–water partition coefficient (Wildman–Crippen LogP) is 5.03. The molecular weight excluding hydrogens is 464 g/mol. The molecule has 2 aliphatic heterocycles. The van der Waals surface area contributed by atoms with Crippen molar-refractivity contribution in [1.82, 2.24) is 0 Å². The minimum absolute atomic E-state index is 0.00122. The summed E-state index contributed by atoms with van der Waals surface area (Å²) in [7, 11) is 1.42. The number of aromatic hydroxyl groups is 2. The highest BCUT2D eigenvalue weighted by Gasteiger charge is 2.35. The normalized spacial score (nSPS) is 21.0. The highest BCUT2D eigenvalue weighted by Crippen LogP contribution is 2.48. The van der Waals surface area contributed by atoms with Crippen LogP contribution in [0.5, 0.6) is 23.0 Å². The van der Waals surface area contributed by atoms with Gasteiger partial charge in [0.1, 0.15) is 22.8 Å². The molecular formula is C28H30O8. The quantitative estimate of drug-likeness (QED) is 0.441. The Morgan fingerprint density at radius 1 is 1.06 bits per heavy atom. The average molecular weight is 495 g/mol. The second-order valence-corrected chi connectivity index (χ2v) is 9.20. The SMILES string of the molecule is COc1cc([C@@H]2CC(=O)Oc3cc4c(c(O)c32)C(=O)O[C@@H](C)CCCC(=O)CCCC=C4)ccc1O. The van der Waals surface area contributed by atoms with Gasteiger partial charge in [-0.05, 0) is 61.9 Å². The van der Waals surface area contributed by atoms with Crippen LogP contribution in [-0.4, -0.2) is 41.1 Å². The van der Waals surface area contributed by atoms with Crippen LogP contribution in [-0.2, 0) is 14.3 Å². The number of methoxy groups -OCH3 is 1. The van der Waals surface area contributed by atoms with Crippen LogP contribution in [0.1, 0.15) is 84.8 Å². The van der Waals surface area contributed by atoms with E-state index in [2.05, 4.69) is 0 Å². The van der Waals surface area contributed by atoms with Crippen LogP contribution in [0.3, 0.4) is 0 Å². The first-order chi connectivity index (χ1) is 17.3. The number of phenols is 2. The van der Waals surface area contributed by atoms with Crippen LogP contribution in [0.2, 0.25) is 0 Å². The Balaban J connectivity index is 1.82. The number of phenolic OH excluding ortho intramolecular Hbond substituents is 2. The van der Waals surface area contributed by atoms with Crippen molar-refractivity contribution in [2.45, 2.75) is 63.9 Å². The second-order valence-electron chi connectivity index (χ2n) is 9.20. The van der Waals surface area contributed by atoms with Gasteiger partial charge in [-0.25, -0.2) is 4.79 Å². The maximum Gasteiger partial charge on any atom is 0.342 e. The Bertz CT molecular complexity index is 1210. The third kappa shape index (κ3) is 5.37. The smallest absolute Gasteiger partial charge is 0.342 e. The highest BCUT2D eigenvalue weighted by atomic mass is 16.5. The predicted molar refractivity (Wildman–Crippen MR) is 131 cm³/mol. The van der Waals surface area contributed by atoms with Crippen molar-refractivity contribution in [3.8, 4) is 23.0 Å². The molecule has 2 aliphatic rings. The molecule has 0 spiro atoms. The van der Waals surface area contributed by atoms with Gasteiger partial charge in [-0.3, -0.25) is 9.59 Å². The summed E-state index contributed by atoms with van der Waals surface area (Å²) in [6.07, 6.45) is 6.37. The zero-order chi connectivity index (χ0) is 25.8. The first-order valence-corrected chi connectivity index (χ1v) is 12.1. The van der Waals surface area contributed by atoms with E-state index >= 15 is 0 Å². The molecule has 0 saturated carbocycles. The summed E-state index contributed by atoms with van der Waals surface area (Å²) >= 11 is 0. The van der Waals surface area contributed by atoms with Crippen LogP contribution in [0.25, 0.3) is 6.08 Å². The average Bonchev–Trinajstić information content (AvgIpc) is 2.82. The Morgan fingerprint density at radius 3 is 2.61 bits per heavy atom. The van der Waals surface area contributed by atoms with Gasteiger partial charge in [-0.2, -0.15) is 0 Å². The molecule has 0 aliphatic carbocycles. The van der Waals surface area contributed by atoms with Crippen LogP contribution in [0.15, 0.2) is 30.3 Å². The Labute approximate surface area is 209 Å². The zero-order valence-corrected chi connectivity index (χ0v) is 20.4. The largest absolute Gasteiger partial charge is 0.507 e. The molecule has 0 radical (unpaired) electrons. The van der Waals surface area contributed by atoms with Gasteiger partial charge in [0.15, 0.2) is 11.5 Å². The highest BCUT2D eigenvalue weighted by molar-refractivity contribution is 5.98. The molecule has 0 bridgehead atoms.